The summed E-state index contributed by atoms with van der Waals surface area (Å²) in [5.41, 5.74) is 14.4. The molecule has 8 nitrogen and oxygen atoms in total. The number of nitrogens with zero attached hydrogens (tertiary/aromatic N) is 3. The van der Waals surface area contributed by atoms with Crippen LogP contribution in [0.2, 0.25) is 5.02 Å². The number of aryl methyl sites for hydroxylation is 1. The van der Waals surface area contributed by atoms with Crippen LogP contribution in [0.15, 0.2) is 42.6 Å². The number of anilines is 2. The van der Waals surface area contributed by atoms with Gasteiger partial charge in [-0.05, 0) is 57.0 Å². The molecule has 0 aliphatic carbocycles. The van der Waals surface area contributed by atoms with Crippen LogP contribution >= 0.6 is 11.6 Å². The van der Waals surface area contributed by atoms with Gasteiger partial charge in [0.25, 0.3) is 0 Å². The number of alkyl carbamates (subject to hydrolysis) is 1. The van der Waals surface area contributed by atoms with Crippen molar-refractivity contribution in [1.82, 2.24) is 20.1 Å². The Balaban J connectivity index is 1.89. The molecule has 0 saturated carbocycles. The van der Waals surface area contributed by atoms with Crippen molar-refractivity contribution in [2.24, 2.45) is 7.05 Å². The molecule has 194 valence electrons. The Labute approximate surface area is 217 Å². The molecule has 2 aromatic heterocycles. The molecule has 0 radical (unpaired) electrons. The standard InChI is InChI=1S/C26H27ClF2N6O2/c1-26(2,3)37-25(36)33-20(9-13-7-14(28)10-15(29)8-13)22-18(11-16(30)12-32-22)17-5-6-19(27)21-23(17)35(4)34-24(21)31/h5-8,10-12,20H,9,30H2,1-4H3,(H2,31,34)(H,33,36)/t20-/m0/s1. The lowest BCUT2D eigenvalue weighted by atomic mass is 9.94. The van der Waals surface area contributed by atoms with Crippen LogP contribution in [0, 0.1) is 11.6 Å². The van der Waals surface area contributed by atoms with E-state index < -0.39 is 29.4 Å². The minimum absolute atomic E-state index is 0.0160. The average Bonchev–Trinajstić information content (AvgIpc) is 3.06. The van der Waals surface area contributed by atoms with Gasteiger partial charge in [0.15, 0.2) is 5.82 Å². The molecule has 4 rings (SSSR count). The molecule has 0 bridgehead atoms. The Morgan fingerprint density at radius 2 is 1.81 bits per heavy atom. The summed E-state index contributed by atoms with van der Waals surface area (Å²) in [7, 11) is 1.73. The Morgan fingerprint density at radius 3 is 2.46 bits per heavy atom. The minimum Gasteiger partial charge on any atom is -0.444 e. The summed E-state index contributed by atoms with van der Waals surface area (Å²) in [5, 5.41) is 8.07. The number of nitrogen functional groups attached to an aromatic ring is 2. The van der Waals surface area contributed by atoms with Gasteiger partial charge in [0.05, 0.1) is 39.5 Å². The van der Waals surface area contributed by atoms with Crippen molar-refractivity contribution in [2.45, 2.75) is 38.8 Å². The Bertz CT molecular complexity index is 1480. The van der Waals surface area contributed by atoms with Gasteiger partial charge in [-0.2, -0.15) is 5.10 Å². The molecule has 0 aliphatic rings. The smallest absolute Gasteiger partial charge is 0.408 e. The zero-order valence-corrected chi connectivity index (χ0v) is 21.5. The second-order valence-corrected chi connectivity index (χ2v) is 10.1. The predicted molar refractivity (Wildman–Crippen MR) is 140 cm³/mol. The number of ether oxygens (including phenoxy) is 1. The van der Waals surface area contributed by atoms with E-state index in [-0.39, 0.29) is 12.2 Å². The van der Waals surface area contributed by atoms with Crippen molar-refractivity contribution in [1.29, 1.82) is 0 Å². The molecule has 0 fully saturated rings. The van der Waals surface area contributed by atoms with Gasteiger partial charge in [0, 0.05) is 24.2 Å². The number of fused-ring (bicyclic) bond motifs is 1. The lowest BCUT2D eigenvalue weighted by molar-refractivity contribution is 0.0502. The summed E-state index contributed by atoms with van der Waals surface area (Å²) in [5.74, 6) is -1.22. The van der Waals surface area contributed by atoms with Crippen LogP contribution in [0.1, 0.15) is 38.1 Å². The van der Waals surface area contributed by atoms with Gasteiger partial charge in [-0.3, -0.25) is 9.67 Å². The second-order valence-electron chi connectivity index (χ2n) is 9.71. The van der Waals surface area contributed by atoms with Crippen LogP contribution in [0.3, 0.4) is 0 Å². The molecule has 11 heteroatoms. The van der Waals surface area contributed by atoms with Crippen LogP contribution in [0.4, 0.5) is 25.1 Å². The monoisotopic (exact) mass is 528 g/mol. The van der Waals surface area contributed by atoms with E-state index in [1.54, 1.807) is 50.7 Å². The highest BCUT2D eigenvalue weighted by molar-refractivity contribution is 6.37. The molecule has 0 spiro atoms. The fourth-order valence-electron chi connectivity index (χ4n) is 4.24. The number of amides is 1. The third-order valence-corrected chi connectivity index (χ3v) is 5.89. The van der Waals surface area contributed by atoms with E-state index in [0.717, 1.165) is 6.07 Å². The molecule has 4 aromatic rings. The number of hydrogen-bond donors (Lipinski definition) is 3. The number of nitrogens with two attached hydrogens (primary N) is 2. The molecule has 2 heterocycles. The molecule has 5 N–H and O–H groups in total. The third kappa shape index (κ3) is 5.75. The van der Waals surface area contributed by atoms with Gasteiger partial charge in [0.1, 0.15) is 17.2 Å². The predicted octanol–water partition coefficient (Wildman–Crippen LogP) is 5.54. The fraction of sp³-hybridized carbons (Fsp3) is 0.269. The maximum absolute atomic E-state index is 14.0. The van der Waals surface area contributed by atoms with Crippen molar-refractivity contribution < 1.29 is 18.3 Å². The summed E-state index contributed by atoms with van der Waals surface area (Å²) < 4.78 is 35.1. The summed E-state index contributed by atoms with van der Waals surface area (Å²) >= 11 is 6.42. The molecular weight excluding hydrogens is 502 g/mol. The first-order valence-corrected chi connectivity index (χ1v) is 11.8. The van der Waals surface area contributed by atoms with E-state index in [9.17, 15) is 13.6 Å². The number of rotatable bonds is 5. The van der Waals surface area contributed by atoms with Crippen LogP contribution in [-0.2, 0) is 18.2 Å². The van der Waals surface area contributed by atoms with Gasteiger partial charge in [0.2, 0.25) is 0 Å². The van der Waals surface area contributed by atoms with Crippen molar-refractivity contribution in [3.63, 3.8) is 0 Å². The van der Waals surface area contributed by atoms with Gasteiger partial charge in [-0.25, -0.2) is 13.6 Å². The Kier molecular flexibility index (Phi) is 6.96. The lowest BCUT2D eigenvalue weighted by Gasteiger charge is -2.25. The van der Waals surface area contributed by atoms with E-state index in [2.05, 4.69) is 15.4 Å². The van der Waals surface area contributed by atoms with Crippen molar-refractivity contribution in [3.05, 3.63) is 70.5 Å². The van der Waals surface area contributed by atoms with Gasteiger partial charge < -0.3 is 21.5 Å². The lowest BCUT2D eigenvalue weighted by Crippen LogP contribution is -2.36. The summed E-state index contributed by atoms with van der Waals surface area (Å²) in [6.07, 6.45) is 0.742. The first-order valence-electron chi connectivity index (χ1n) is 11.4. The average molecular weight is 529 g/mol. The molecule has 2 aromatic carbocycles. The zero-order chi connectivity index (χ0) is 27.1. The van der Waals surface area contributed by atoms with Crippen LogP contribution in [-0.4, -0.2) is 26.5 Å². The molecule has 1 atom stereocenters. The van der Waals surface area contributed by atoms with Crippen molar-refractivity contribution >= 4 is 40.1 Å². The Morgan fingerprint density at radius 1 is 1.14 bits per heavy atom. The maximum atomic E-state index is 14.0. The molecular formula is C26H27ClF2N6O2. The number of aromatic nitrogens is 3. The summed E-state index contributed by atoms with van der Waals surface area (Å²) in [4.78, 5) is 17.3. The van der Waals surface area contributed by atoms with Gasteiger partial charge >= 0.3 is 6.09 Å². The van der Waals surface area contributed by atoms with Crippen LogP contribution in [0.5, 0.6) is 0 Å². The van der Waals surface area contributed by atoms with E-state index in [1.807, 2.05) is 0 Å². The summed E-state index contributed by atoms with van der Waals surface area (Å²) in [6.45, 7) is 5.19. The van der Waals surface area contributed by atoms with E-state index in [1.165, 1.54) is 18.3 Å². The summed E-state index contributed by atoms with van der Waals surface area (Å²) in [6, 6.07) is 7.50. The van der Waals surface area contributed by atoms with Crippen molar-refractivity contribution in [2.75, 3.05) is 11.5 Å². The largest absolute Gasteiger partial charge is 0.444 e. The Hall–Kier alpha value is -3.92. The topological polar surface area (TPSA) is 121 Å². The molecule has 0 aliphatic heterocycles. The molecule has 1 amide bonds. The fourth-order valence-corrected chi connectivity index (χ4v) is 4.49. The number of benzene rings is 2. The van der Waals surface area contributed by atoms with Crippen molar-refractivity contribution in [3.8, 4) is 11.1 Å². The number of halogens is 3. The molecule has 0 saturated heterocycles. The van der Waals surface area contributed by atoms with E-state index in [4.69, 9.17) is 27.8 Å². The van der Waals surface area contributed by atoms with Gasteiger partial charge in [-0.1, -0.05) is 17.7 Å². The van der Waals surface area contributed by atoms with Crippen LogP contribution < -0.4 is 16.8 Å². The van der Waals surface area contributed by atoms with Crippen LogP contribution in [0.25, 0.3) is 22.0 Å². The quantitative estimate of drug-likeness (QED) is 0.313. The minimum atomic E-state index is -0.844. The zero-order valence-electron chi connectivity index (χ0n) is 20.8. The maximum Gasteiger partial charge on any atom is 0.408 e. The highest BCUT2D eigenvalue weighted by Gasteiger charge is 2.26. The first kappa shape index (κ1) is 26.2. The van der Waals surface area contributed by atoms with E-state index >= 15 is 0 Å². The first-order chi connectivity index (χ1) is 17.3. The second kappa shape index (κ2) is 9.85. The van der Waals surface area contributed by atoms with Gasteiger partial charge in [-0.15, -0.1) is 0 Å². The highest BCUT2D eigenvalue weighted by atomic mass is 35.5. The van der Waals surface area contributed by atoms with E-state index in [0.29, 0.717) is 44.0 Å². The number of nitrogens with one attached hydrogen (secondary N) is 1. The number of carbonyl (C=O) groups excluding carboxylic acids is 1. The molecule has 37 heavy (non-hydrogen) atoms. The third-order valence-electron chi connectivity index (χ3n) is 5.58. The highest BCUT2D eigenvalue weighted by Crippen LogP contribution is 2.39. The number of pyridine rings is 1. The number of hydrogen-bond acceptors (Lipinski definition) is 6. The number of carbonyl (C=O) groups is 1. The normalized spacial score (nSPS) is 12.5. The SMILES string of the molecule is Cn1nc(N)c2c(Cl)ccc(-c3cc(N)cnc3[C@H](Cc3cc(F)cc(F)c3)NC(=O)OC(C)(C)C)c21. The molecule has 0 unspecified atom stereocenters.